The lowest BCUT2D eigenvalue weighted by Gasteiger charge is -2.46. The second-order valence-corrected chi connectivity index (χ2v) is 8.49. The second-order valence-electron chi connectivity index (χ2n) is 8.49. The number of nitrogens with two attached hydrogens (primary N) is 2. The average Bonchev–Trinajstić information content (AvgIpc) is 2.69. The van der Waals surface area contributed by atoms with Gasteiger partial charge >= 0.3 is 0 Å². The number of aliphatic imine (C=N–C) groups is 2. The zero-order valence-corrected chi connectivity index (χ0v) is 17.7. The summed E-state index contributed by atoms with van der Waals surface area (Å²) in [5.74, 6) is 0.496. The number of guanidine groups is 2. The first-order chi connectivity index (χ1) is 14.3. The van der Waals surface area contributed by atoms with Gasteiger partial charge in [-0.1, -0.05) is 6.42 Å². The monoisotopic (exact) mass is 414 g/mol. The zero-order chi connectivity index (χ0) is 21.5. The van der Waals surface area contributed by atoms with Gasteiger partial charge in [-0.3, -0.25) is 15.0 Å². The molecule has 0 atom stereocenters. The Kier molecular flexibility index (Phi) is 5.27. The maximum absolute atomic E-state index is 11.8. The summed E-state index contributed by atoms with van der Waals surface area (Å²) in [5, 5.41) is 11.8. The number of likely N-dealkylation sites (N-methyl/N-ethyl adjacent to an activating group) is 1. The van der Waals surface area contributed by atoms with Crippen LogP contribution in [0.3, 0.4) is 0 Å². The van der Waals surface area contributed by atoms with E-state index in [1.165, 1.54) is 0 Å². The van der Waals surface area contributed by atoms with Gasteiger partial charge in [0.05, 0.1) is 10.6 Å². The van der Waals surface area contributed by atoms with Crippen molar-refractivity contribution in [3.63, 3.8) is 0 Å². The van der Waals surface area contributed by atoms with Crippen LogP contribution in [0.15, 0.2) is 22.1 Å². The smallest absolute Gasteiger partial charge is 0.292 e. The van der Waals surface area contributed by atoms with Gasteiger partial charge in [0, 0.05) is 32.2 Å². The molecule has 0 unspecified atom stereocenters. The van der Waals surface area contributed by atoms with E-state index in [0.717, 1.165) is 69.5 Å². The van der Waals surface area contributed by atoms with E-state index < -0.39 is 5.66 Å². The number of piperazine rings is 1. The molecule has 10 heteroatoms. The van der Waals surface area contributed by atoms with Crippen LogP contribution in [0.4, 0.5) is 17.1 Å². The molecule has 2 aliphatic heterocycles. The van der Waals surface area contributed by atoms with Crippen molar-refractivity contribution in [2.24, 2.45) is 21.5 Å². The summed E-state index contributed by atoms with van der Waals surface area (Å²) in [6.45, 7) is 5.07. The molecular formula is C20H30N8O2. The molecule has 0 amide bonds. The van der Waals surface area contributed by atoms with Crippen molar-refractivity contribution in [2.45, 2.75) is 44.7 Å². The van der Waals surface area contributed by atoms with E-state index in [-0.39, 0.29) is 16.6 Å². The third-order valence-electron chi connectivity index (χ3n) is 6.43. The van der Waals surface area contributed by atoms with Gasteiger partial charge in [-0.05, 0) is 51.3 Å². The first-order valence-electron chi connectivity index (χ1n) is 10.5. The third kappa shape index (κ3) is 3.55. The Bertz CT molecular complexity index is 898. The lowest BCUT2D eigenvalue weighted by atomic mass is 9.87. The first kappa shape index (κ1) is 20.4. The van der Waals surface area contributed by atoms with E-state index in [4.69, 9.17) is 16.5 Å². The molecule has 0 bridgehead atoms. The summed E-state index contributed by atoms with van der Waals surface area (Å²) in [5.41, 5.74) is 14.1. The highest BCUT2D eigenvalue weighted by atomic mass is 16.6. The molecule has 1 aromatic carbocycles. The van der Waals surface area contributed by atoms with Crippen LogP contribution in [0.5, 0.6) is 0 Å². The molecule has 1 aliphatic carbocycles. The quantitative estimate of drug-likeness (QED) is 0.569. The summed E-state index contributed by atoms with van der Waals surface area (Å²) in [6.07, 6.45) is 4.85. The van der Waals surface area contributed by atoms with E-state index in [1.807, 2.05) is 17.9 Å². The van der Waals surface area contributed by atoms with Gasteiger partial charge in [-0.15, -0.1) is 0 Å². The molecule has 30 heavy (non-hydrogen) atoms. The predicted molar refractivity (Wildman–Crippen MR) is 119 cm³/mol. The topological polar surface area (TPSA) is 130 Å². The normalized spacial score (nSPS) is 22.1. The lowest BCUT2D eigenvalue weighted by molar-refractivity contribution is -0.384. The lowest BCUT2D eigenvalue weighted by Crippen LogP contribution is -2.58. The van der Waals surface area contributed by atoms with Gasteiger partial charge in [0.25, 0.3) is 5.69 Å². The Morgan fingerprint density at radius 3 is 2.37 bits per heavy atom. The molecule has 1 saturated heterocycles. The number of nitro benzene ring substituents is 1. The number of hydrogen-bond donors (Lipinski definition) is 2. The van der Waals surface area contributed by atoms with Crippen molar-refractivity contribution in [2.75, 3.05) is 43.0 Å². The maximum atomic E-state index is 11.8. The fraction of sp³-hybridized carbons (Fsp3) is 0.600. The van der Waals surface area contributed by atoms with E-state index in [1.54, 1.807) is 6.07 Å². The summed E-state index contributed by atoms with van der Waals surface area (Å²) in [7, 11) is 2.06. The molecule has 2 heterocycles. The van der Waals surface area contributed by atoms with Crippen LogP contribution >= 0.6 is 0 Å². The largest absolute Gasteiger partial charge is 0.369 e. The van der Waals surface area contributed by atoms with Gasteiger partial charge in [0.15, 0.2) is 0 Å². The Labute approximate surface area is 176 Å². The van der Waals surface area contributed by atoms with Crippen LogP contribution in [0.2, 0.25) is 0 Å². The van der Waals surface area contributed by atoms with Crippen LogP contribution in [-0.2, 0) is 0 Å². The molecule has 1 spiro atoms. The molecule has 3 aliphatic rings. The molecular weight excluding hydrogens is 384 g/mol. The van der Waals surface area contributed by atoms with E-state index >= 15 is 0 Å². The fourth-order valence-corrected chi connectivity index (χ4v) is 4.83. The standard InChI is InChI=1S/C20H30N8O2/c1-14-12-17(28(29)30)16(26-10-8-25(2)9-11-26)13-15(14)27-19(22)23-18(21)24-20(27)6-4-3-5-7-20/h12-13H,3-11H2,1-2H3,(H4,21,22,23,24). The van der Waals surface area contributed by atoms with Gasteiger partial charge in [-0.25, -0.2) is 4.99 Å². The van der Waals surface area contributed by atoms with E-state index in [0.29, 0.717) is 11.6 Å². The van der Waals surface area contributed by atoms with Crippen LogP contribution in [-0.4, -0.2) is 60.6 Å². The summed E-state index contributed by atoms with van der Waals surface area (Å²) in [6, 6.07) is 3.54. The number of nitro groups is 1. The molecule has 0 radical (unpaired) electrons. The van der Waals surface area contributed by atoms with Gasteiger partial charge in [-0.2, -0.15) is 4.99 Å². The Balaban J connectivity index is 1.82. The summed E-state index contributed by atoms with van der Waals surface area (Å²) >= 11 is 0. The highest BCUT2D eigenvalue weighted by Crippen LogP contribution is 2.43. The van der Waals surface area contributed by atoms with Crippen molar-refractivity contribution in [1.29, 1.82) is 0 Å². The van der Waals surface area contributed by atoms with Crippen LogP contribution in [0, 0.1) is 17.0 Å². The summed E-state index contributed by atoms with van der Waals surface area (Å²) < 4.78 is 0. The highest BCUT2D eigenvalue weighted by molar-refractivity contribution is 6.06. The van der Waals surface area contributed by atoms with Crippen LogP contribution in [0.1, 0.15) is 37.7 Å². The number of anilines is 2. The predicted octanol–water partition coefficient (Wildman–Crippen LogP) is 1.76. The maximum Gasteiger partial charge on any atom is 0.292 e. The number of rotatable bonds is 3. The van der Waals surface area contributed by atoms with Gasteiger partial charge < -0.3 is 21.3 Å². The Morgan fingerprint density at radius 2 is 1.73 bits per heavy atom. The molecule has 4 N–H and O–H groups in total. The molecule has 162 valence electrons. The minimum absolute atomic E-state index is 0.119. The number of benzene rings is 1. The third-order valence-corrected chi connectivity index (χ3v) is 6.43. The van der Waals surface area contributed by atoms with Crippen molar-refractivity contribution in [1.82, 2.24) is 4.90 Å². The minimum Gasteiger partial charge on any atom is -0.369 e. The van der Waals surface area contributed by atoms with Crippen molar-refractivity contribution >= 4 is 29.0 Å². The van der Waals surface area contributed by atoms with Crippen molar-refractivity contribution in [3.8, 4) is 0 Å². The fourth-order valence-electron chi connectivity index (χ4n) is 4.83. The Morgan fingerprint density at radius 1 is 1.07 bits per heavy atom. The number of aryl methyl sites for hydroxylation is 1. The summed E-state index contributed by atoms with van der Waals surface area (Å²) in [4.78, 5) is 26.8. The molecule has 1 saturated carbocycles. The SMILES string of the molecule is Cc1cc([N+](=O)[O-])c(N2CCN(C)CC2)cc1N1C(N)=NC(N)=NC12CCCCC2. The van der Waals surface area contributed by atoms with E-state index in [2.05, 4.69) is 21.8 Å². The first-order valence-corrected chi connectivity index (χ1v) is 10.5. The average molecular weight is 415 g/mol. The Hall–Kier alpha value is -2.88. The zero-order valence-electron chi connectivity index (χ0n) is 17.7. The van der Waals surface area contributed by atoms with Gasteiger partial charge in [0.1, 0.15) is 11.4 Å². The highest BCUT2D eigenvalue weighted by Gasteiger charge is 2.43. The van der Waals surface area contributed by atoms with Gasteiger partial charge in [0.2, 0.25) is 11.9 Å². The van der Waals surface area contributed by atoms with E-state index in [9.17, 15) is 10.1 Å². The molecule has 1 aromatic rings. The van der Waals surface area contributed by atoms with Crippen molar-refractivity contribution < 1.29 is 4.92 Å². The molecule has 4 rings (SSSR count). The number of hydrogen-bond acceptors (Lipinski definition) is 9. The van der Waals surface area contributed by atoms with Crippen LogP contribution < -0.4 is 21.3 Å². The molecule has 0 aromatic heterocycles. The minimum atomic E-state index is -0.575. The van der Waals surface area contributed by atoms with Crippen molar-refractivity contribution in [3.05, 3.63) is 27.8 Å². The second kappa shape index (κ2) is 7.75. The number of nitrogens with zero attached hydrogens (tertiary/aromatic N) is 6. The molecule has 10 nitrogen and oxygen atoms in total. The molecule has 2 fully saturated rings. The van der Waals surface area contributed by atoms with Crippen LogP contribution in [0.25, 0.3) is 0 Å².